The van der Waals surface area contributed by atoms with Crippen molar-refractivity contribution < 1.29 is 5.11 Å². The number of unbranched alkanes of at least 4 members (excludes halogenated alkanes) is 2. The van der Waals surface area contributed by atoms with Crippen LogP contribution in [0.5, 0.6) is 0 Å². The Kier molecular flexibility index (Phi) is 5.73. The summed E-state index contributed by atoms with van der Waals surface area (Å²) in [7, 11) is 0. The lowest BCUT2D eigenvalue weighted by molar-refractivity contribution is 0.0141. The van der Waals surface area contributed by atoms with Crippen molar-refractivity contribution in [3.05, 3.63) is 78.4 Å². The molecule has 4 aromatic rings. The highest BCUT2D eigenvalue weighted by Gasteiger charge is 2.28. The molecule has 3 aromatic carbocycles. The van der Waals surface area contributed by atoms with Gasteiger partial charge in [0.25, 0.3) is 0 Å². The number of fused-ring (bicyclic) bond motifs is 3. The van der Waals surface area contributed by atoms with Crippen molar-refractivity contribution >= 4 is 21.8 Å². The molecule has 0 aliphatic heterocycles. The summed E-state index contributed by atoms with van der Waals surface area (Å²) in [5.41, 5.74) is 3.90. The average Bonchev–Trinajstić information content (AvgIpc) is 3.11. The summed E-state index contributed by atoms with van der Waals surface area (Å²) < 4.78 is 2.32. The minimum atomic E-state index is -0.717. The highest BCUT2D eigenvalue weighted by atomic mass is 16.3. The van der Waals surface area contributed by atoms with Gasteiger partial charge in [-0.2, -0.15) is 0 Å². The van der Waals surface area contributed by atoms with Crippen LogP contribution in [0, 0.1) is 0 Å². The summed E-state index contributed by atoms with van der Waals surface area (Å²) >= 11 is 0. The molecule has 1 aromatic heterocycles. The normalized spacial score (nSPS) is 12.1. The van der Waals surface area contributed by atoms with Gasteiger partial charge in [-0.15, -0.1) is 0 Å². The van der Waals surface area contributed by atoms with Crippen molar-refractivity contribution in [2.45, 2.75) is 58.0 Å². The Morgan fingerprint density at radius 2 is 1.17 bits per heavy atom. The van der Waals surface area contributed by atoms with Crippen LogP contribution in [0.2, 0.25) is 0 Å². The zero-order valence-electron chi connectivity index (χ0n) is 17.6. The standard InChI is InChI=1S/C27H31NO/c1-3-5-19-27(29,20-6-4-2)21-15-17-22(18-16-21)28-25-13-9-7-11-23(25)24-12-8-10-14-26(24)28/h7-18,29H,3-6,19-20H2,1-2H3. The Hall–Kier alpha value is -2.58. The quantitative estimate of drug-likeness (QED) is 0.337. The van der Waals surface area contributed by atoms with Crippen molar-refractivity contribution in [2.24, 2.45) is 0 Å². The van der Waals surface area contributed by atoms with Crippen LogP contribution < -0.4 is 0 Å². The summed E-state index contributed by atoms with van der Waals surface area (Å²) in [6.45, 7) is 4.37. The van der Waals surface area contributed by atoms with Gasteiger partial charge >= 0.3 is 0 Å². The summed E-state index contributed by atoms with van der Waals surface area (Å²) in [5, 5.41) is 13.9. The highest BCUT2D eigenvalue weighted by Crippen LogP contribution is 2.35. The lowest BCUT2D eigenvalue weighted by Crippen LogP contribution is -2.25. The second kappa shape index (κ2) is 8.42. The van der Waals surface area contributed by atoms with E-state index in [1.54, 1.807) is 0 Å². The second-order valence-electron chi connectivity index (χ2n) is 8.16. The van der Waals surface area contributed by atoms with E-state index < -0.39 is 5.60 Å². The van der Waals surface area contributed by atoms with E-state index in [0.717, 1.165) is 49.8 Å². The van der Waals surface area contributed by atoms with Gasteiger partial charge in [-0.1, -0.05) is 88.1 Å². The molecule has 0 spiro atoms. The zero-order valence-corrected chi connectivity index (χ0v) is 17.6. The third-order valence-electron chi connectivity index (χ3n) is 6.13. The lowest BCUT2D eigenvalue weighted by Gasteiger charge is -2.29. The van der Waals surface area contributed by atoms with Crippen LogP contribution in [0.4, 0.5) is 0 Å². The van der Waals surface area contributed by atoms with E-state index in [9.17, 15) is 5.11 Å². The molecular weight excluding hydrogens is 354 g/mol. The van der Waals surface area contributed by atoms with E-state index in [1.165, 1.54) is 21.8 Å². The molecule has 0 atom stereocenters. The van der Waals surface area contributed by atoms with Gasteiger partial charge in [0.2, 0.25) is 0 Å². The van der Waals surface area contributed by atoms with E-state index in [1.807, 2.05) is 0 Å². The fourth-order valence-electron chi connectivity index (χ4n) is 4.47. The first-order chi connectivity index (χ1) is 14.2. The summed E-state index contributed by atoms with van der Waals surface area (Å²) in [5.74, 6) is 0. The van der Waals surface area contributed by atoms with Crippen molar-refractivity contribution in [1.29, 1.82) is 0 Å². The second-order valence-corrected chi connectivity index (χ2v) is 8.16. The number of nitrogens with zero attached hydrogens (tertiary/aromatic N) is 1. The number of rotatable bonds is 8. The topological polar surface area (TPSA) is 25.2 Å². The molecule has 0 aliphatic carbocycles. The van der Waals surface area contributed by atoms with Gasteiger partial charge in [-0.3, -0.25) is 0 Å². The van der Waals surface area contributed by atoms with Crippen LogP contribution in [0.3, 0.4) is 0 Å². The van der Waals surface area contributed by atoms with Gasteiger partial charge in [-0.05, 0) is 42.7 Å². The number of benzene rings is 3. The molecule has 4 rings (SSSR count). The SMILES string of the molecule is CCCCC(O)(CCCC)c1ccc(-n2c3ccccc3c3ccccc32)cc1. The maximum Gasteiger partial charge on any atom is 0.0896 e. The molecule has 0 saturated heterocycles. The molecule has 2 nitrogen and oxygen atoms in total. The third kappa shape index (κ3) is 3.70. The number of aromatic nitrogens is 1. The molecule has 0 saturated carbocycles. The fraction of sp³-hybridized carbons (Fsp3) is 0.333. The number of aliphatic hydroxyl groups is 1. The van der Waals surface area contributed by atoms with Crippen LogP contribution in [0.25, 0.3) is 27.5 Å². The molecule has 1 heterocycles. The van der Waals surface area contributed by atoms with Crippen LogP contribution in [0.15, 0.2) is 72.8 Å². The van der Waals surface area contributed by atoms with Gasteiger partial charge in [0.15, 0.2) is 0 Å². The number of hydrogen-bond acceptors (Lipinski definition) is 1. The molecule has 0 fully saturated rings. The molecular formula is C27H31NO. The number of hydrogen-bond donors (Lipinski definition) is 1. The minimum Gasteiger partial charge on any atom is -0.385 e. The smallest absolute Gasteiger partial charge is 0.0896 e. The third-order valence-corrected chi connectivity index (χ3v) is 6.13. The minimum absolute atomic E-state index is 0.717. The van der Waals surface area contributed by atoms with E-state index in [-0.39, 0.29) is 0 Å². The molecule has 2 heteroatoms. The Balaban J connectivity index is 1.78. The molecule has 150 valence electrons. The molecule has 0 bridgehead atoms. The predicted molar refractivity (Wildman–Crippen MR) is 124 cm³/mol. The highest BCUT2D eigenvalue weighted by molar-refractivity contribution is 6.09. The maximum absolute atomic E-state index is 11.4. The Morgan fingerprint density at radius 3 is 1.66 bits per heavy atom. The fourth-order valence-corrected chi connectivity index (χ4v) is 4.47. The summed E-state index contributed by atoms with van der Waals surface area (Å²) in [6, 6.07) is 25.7. The zero-order chi connectivity index (χ0) is 20.3. The monoisotopic (exact) mass is 385 g/mol. The predicted octanol–water partition coefficient (Wildman–Crippen LogP) is 7.35. The molecule has 0 radical (unpaired) electrons. The van der Waals surface area contributed by atoms with Crippen LogP contribution in [0.1, 0.15) is 57.9 Å². The van der Waals surface area contributed by atoms with Crippen LogP contribution in [-0.2, 0) is 5.60 Å². The Bertz CT molecular complexity index is 1030. The van der Waals surface area contributed by atoms with Crippen LogP contribution in [-0.4, -0.2) is 9.67 Å². The van der Waals surface area contributed by atoms with E-state index in [4.69, 9.17) is 0 Å². The first kappa shape index (κ1) is 19.7. The summed E-state index contributed by atoms with van der Waals surface area (Å²) in [4.78, 5) is 0. The molecule has 0 aliphatic rings. The van der Waals surface area contributed by atoms with Gasteiger partial charge in [0.1, 0.15) is 0 Å². The van der Waals surface area contributed by atoms with Crippen LogP contribution >= 0.6 is 0 Å². The molecule has 0 amide bonds. The lowest BCUT2D eigenvalue weighted by atomic mass is 9.84. The van der Waals surface area contributed by atoms with Gasteiger partial charge in [0, 0.05) is 16.5 Å². The molecule has 29 heavy (non-hydrogen) atoms. The van der Waals surface area contributed by atoms with E-state index in [0.29, 0.717) is 0 Å². The Labute approximate surface area is 173 Å². The largest absolute Gasteiger partial charge is 0.385 e. The van der Waals surface area contributed by atoms with E-state index >= 15 is 0 Å². The molecule has 0 unspecified atom stereocenters. The van der Waals surface area contributed by atoms with Gasteiger partial charge in [-0.25, -0.2) is 0 Å². The van der Waals surface area contributed by atoms with Gasteiger partial charge in [0.05, 0.1) is 16.6 Å². The van der Waals surface area contributed by atoms with E-state index in [2.05, 4.69) is 91.2 Å². The first-order valence-electron chi connectivity index (χ1n) is 11.0. The molecule has 1 N–H and O–H groups in total. The summed E-state index contributed by atoms with van der Waals surface area (Å²) in [6.07, 6.45) is 5.97. The average molecular weight is 386 g/mol. The first-order valence-corrected chi connectivity index (χ1v) is 11.0. The van der Waals surface area contributed by atoms with Crippen molar-refractivity contribution in [3.63, 3.8) is 0 Å². The van der Waals surface area contributed by atoms with Crippen molar-refractivity contribution in [2.75, 3.05) is 0 Å². The van der Waals surface area contributed by atoms with Gasteiger partial charge < -0.3 is 9.67 Å². The Morgan fingerprint density at radius 1 is 0.690 bits per heavy atom. The van der Waals surface area contributed by atoms with Crippen molar-refractivity contribution in [3.8, 4) is 5.69 Å². The number of para-hydroxylation sites is 2. The maximum atomic E-state index is 11.4. The van der Waals surface area contributed by atoms with Crippen molar-refractivity contribution in [1.82, 2.24) is 4.57 Å².